The van der Waals surface area contributed by atoms with Gasteiger partial charge in [0.15, 0.2) is 0 Å². The maximum atomic E-state index is 13.0. The fourth-order valence-electron chi connectivity index (χ4n) is 3.42. The zero-order valence-corrected chi connectivity index (χ0v) is 21.6. The molecular weight excluding hydrogens is 527 g/mol. The monoisotopic (exact) mass is 553 g/mol. The topological polar surface area (TPSA) is 133 Å². The summed E-state index contributed by atoms with van der Waals surface area (Å²) in [5, 5.41) is 14.2. The van der Waals surface area contributed by atoms with Gasteiger partial charge in [0.25, 0.3) is 11.8 Å². The lowest BCUT2D eigenvalue weighted by Crippen LogP contribution is -2.38. The lowest BCUT2D eigenvalue weighted by Gasteiger charge is -2.30. The number of piperidine rings is 1. The second kappa shape index (κ2) is 12.3. The number of rotatable bonds is 7. The molecule has 0 unspecified atom stereocenters. The van der Waals surface area contributed by atoms with Gasteiger partial charge in [-0.25, -0.2) is 15.0 Å². The van der Waals surface area contributed by atoms with Crippen LogP contribution in [-0.4, -0.2) is 62.8 Å². The van der Waals surface area contributed by atoms with E-state index in [2.05, 4.69) is 30.6 Å². The van der Waals surface area contributed by atoms with Gasteiger partial charge in [-0.1, -0.05) is 11.6 Å². The first-order chi connectivity index (χ1) is 17.8. The molecule has 0 radical (unpaired) electrons. The Hall–Kier alpha value is -3.58. The Labute approximate surface area is 222 Å². The summed E-state index contributed by atoms with van der Waals surface area (Å²) < 4.78 is 39.1. The number of aromatic nitrogens is 3. The second-order valence-electron chi connectivity index (χ2n) is 8.76. The molecule has 3 N–H and O–H groups in total. The third-order valence-electron chi connectivity index (χ3n) is 5.87. The Bertz CT molecular complexity index is 1250. The van der Waals surface area contributed by atoms with Crippen molar-refractivity contribution in [2.45, 2.75) is 51.9 Å². The second-order valence-corrected chi connectivity index (χ2v) is 9.17. The van der Waals surface area contributed by atoms with Crippen LogP contribution >= 0.6 is 11.6 Å². The summed E-state index contributed by atoms with van der Waals surface area (Å²) >= 11 is 5.55. The third-order valence-corrected chi connectivity index (χ3v) is 6.17. The van der Waals surface area contributed by atoms with E-state index in [1.54, 1.807) is 19.9 Å². The zero-order valence-electron chi connectivity index (χ0n) is 20.9. The molecule has 2 aromatic rings. The normalized spacial score (nSPS) is 16.3. The molecule has 38 heavy (non-hydrogen) atoms. The maximum Gasteiger partial charge on any atom is 0.418 e. The summed E-state index contributed by atoms with van der Waals surface area (Å²) in [6.45, 7) is 6.02. The Morgan fingerprint density at radius 2 is 1.89 bits per heavy atom. The Morgan fingerprint density at radius 3 is 2.55 bits per heavy atom. The van der Waals surface area contributed by atoms with Crippen molar-refractivity contribution in [3.8, 4) is 0 Å². The number of halogens is 4. The van der Waals surface area contributed by atoms with E-state index in [1.807, 2.05) is 4.90 Å². The van der Waals surface area contributed by atoms with Gasteiger partial charge in [-0.05, 0) is 39.7 Å². The average Bonchev–Trinajstić information content (AvgIpc) is 2.87. The number of aliphatic hydroxyl groups excluding tert-OH is 1. The van der Waals surface area contributed by atoms with Gasteiger partial charge in [-0.2, -0.15) is 13.2 Å². The summed E-state index contributed by atoms with van der Waals surface area (Å²) in [4.78, 5) is 43.2. The Kier molecular flexibility index (Phi) is 9.39. The van der Waals surface area contributed by atoms with Gasteiger partial charge in [0, 0.05) is 42.8 Å². The van der Waals surface area contributed by atoms with Crippen LogP contribution in [0.3, 0.4) is 0 Å². The minimum Gasteiger partial charge on any atom is -0.393 e. The van der Waals surface area contributed by atoms with Crippen LogP contribution in [0.25, 0.3) is 0 Å². The predicted octanol–water partition coefficient (Wildman–Crippen LogP) is 3.63. The number of hydrogen-bond acceptors (Lipinski definition) is 8. The molecule has 3 rings (SSSR count). The predicted molar refractivity (Wildman–Crippen MR) is 136 cm³/mol. The zero-order chi connectivity index (χ0) is 28.0. The number of hydrogen-bond donors (Lipinski definition) is 3. The van der Waals surface area contributed by atoms with Crippen LogP contribution in [0.4, 0.5) is 24.8 Å². The lowest BCUT2D eigenvalue weighted by molar-refractivity contribution is -0.137. The molecule has 1 saturated heterocycles. The minimum absolute atomic E-state index is 0.0975. The van der Waals surface area contributed by atoms with E-state index in [0.717, 1.165) is 6.20 Å². The standard InChI is InChI=1S/C24H27ClF3N7O3/c1-13(22(37)34-20-8-17(24(26,27)28)18(25)11-30-20)10-29-14(2)15(3)33-23(38)19-9-21(32-12-31-19)35-6-4-16(36)5-7-35/h8-12,15-16,36H,4-7H2,1-3H3,(H,33,38)(H,30,34,37)/b13-10+,29-14+/t15-/m1/s1. The molecule has 0 aromatic carbocycles. The first kappa shape index (κ1) is 29.0. The molecule has 0 aliphatic carbocycles. The highest BCUT2D eigenvalue weighted by Gasteiger charge is 2.34. The quantitative estimate of drug-likeness (QED) is 0.352. The van der Waals surface area contributed by atoms with E-state index in [4.69, 9.17) is 11.6 Å². The van der Waals surface area contributed by atoms with Crippen molar-refractivity contribution in [3.63, 3.8) is 0 Å². The van der Waals surface area contributed by atoms with Gasteiger partial charge in [0.05, 0.1) is 22.7 Å². The number of carbonyl (C=O) groups is 2. The first-order valence-corrected chi connectivity index (χ1v) is 12.0. The fourth-order valence-corrected chi connectivity index (χ4v) is 3.63. The number of anilines is 2. The third kappa shape index (κ3) is 7.71. The number of pyridine rings is 1. The molecular formula is C24H27ClF3N7O3. The smallest absolute Gasteiger partial charge is 0.393 e. The van der Waals surface area contributed by atoms with Crippen LogP contribution in [0.2, 0.25) is 5.02 Å². The summed E-state index contributed by atoms with van der Waals surface area (Å²) in [6, 6.07) is 1.70. The van der Waals surface area contributed by atoms with Gasteiger partial charge in [0.1, 0.15) is 23.7 Å². The van der Waals surface area contributed by atoms with Crippen LogP contribution < -0.4 is 15.5 Å². The van der Waals surface area contributed by atoms with Crippen molar-refractivity contribution in [1.82, 2.24) is 20.3 Å². The summed E-state index contributed by atoms with van der Waals surface area (Å²) in [5.74, 6) is -0.872. The van der Waals surface area contributed by atoms with Gasteiger partial charge in [-0.3, -0.25) is 14.6 Å². The van der Waals surface area contributed by atoms with Crippen LogP contribution in [0.15, 0.2) is 41.4 Å². The molecule has 0 bridgehead atoms. The van der Waals surface area contributed by atoms with E-state index in [0.29, 0.717) is 43.5 Å². The average molecular weight is 554 g/mol. The molecule has 1 atom stereocenters. The number of aliphatic hydroxyl groups is 1. The van der Waals surface area contributed by atoms with Crippen LogP contribution in [0, 0.1) is 0 Å². The SMILES string of the molecule is C/C(=C\N=C(/C)[C@@H](C)NC(=O)c1cc(N2CCC(O)CC2)ncn1)C(=O)Nc1cc(C(F)(F)F)c(Cl)cn1. The number of nitrogens with one attached hydrogen (secondary N) is 2. The number of carbonyl (C=O) groups excluding carboxylic acids is 2. The molecule has 3 heterocycles. The summed E-state index contributed by atoms with van der Waals surface area (Å²) in [6.07, 6.45) is -0.443. The highest BCUT2D eigenvalue weighted by Crippen LogP contribution is 2.35. The van der Waals surface area contributed by atoms with Crippen LogP contribution in [0.5, 0.6) is 0 Å². The molecule has 14 heteroatoms. The molecule has 0 spiro atoms. The van der Waals surface area contributed by atoms with E-state index in [-0.39, 0.29) is 23.2 Å². The fraction of sp³-hybridized carbons (Fsp3) is 0.417. The number of amides is 2. The van der Waals surface area contributed by atoms with E-state index in [9.17, 15) is 27.9 Å². The van der Waals surface area contributed by atoms with E-state index < -0.39 is 34.6 Å². The lowest BCUT2D eigenvalue weighted by atomic mass is 10.1. The highest BCUT2D eigenvalue weighted by molar-refractivity contribution is 6.31. The van der Waals surface area contributed by atoms with Gasteiger partial charge in [0.2, 0.25) is 0 Å². The highest BCUT2D eigenvalue weighted by atomic mass is 35.5. The molecule has 2 amide bonds. The van der Waals surface area contributed by atoms with Gasteiger partial charge >= 0.3 is 6.18 Å². The molecule has 0 saturated carbocycles. The van der Waals surface area contributed by atoms with E-state index in [1.165, 1.54) is 19.5 Å². The van der Waals surface area contributed by atoms with Crippen molar-refractivity contribution in [3.05, 3.63) is 52.7 Å². The molecule has 1 aliphatic heterocycles. The van der Waals surface area contributed by atoms with Crippen LogP contribution in [0.1, 0.15) is 49.7 Å². The summed E-state index contributed by atoms with van der Waals surface area (Å²) in [5.41, 5.74) is -0.385. The van der Waals surface area contributed by atoms with Crippen molar-refractivity contribution >= 4 is 40.8 Å². The van der Waals surface area contributed by atoms with Crippen molar-refractivity contribution in [1.29, 1.82) is 0 Å². The van der Waals surface area contributed by atoms with Crippen LogP contribution in [-0.2, 0) is 11.0 Å². The largest absolute Gasteiger partial charge is 0.418 e. The molecule has 204 valence electrons. The Balaban J connectivity index is 1.61. The van der Waals surface area contributed by atoms with Crippen molar-refractivity contribution in [2.24, 2.45) is 4.99 Å². The molecule has 10 nitrogen and oxygen atoms in total. The van der Waals surface area contributed by atoms with Crippen molar-refractivity contribution < 1.29 is 27.9 Å². The molecule has 1 aliphatic rings. The molecule has 2 aromatic heterocycles. The van der Waals surface area contributed by atoms with Gasteiger partial charge < -0.3 is 20.6 Å². The molecule has 1 fully saturated rings. The van der Waals surface area contributed by atoms with Gasteiger partial charge in [-0.15, -0.1) is 0 Å². The number of alkyl halides is 3. The summed E-state index contributed by atoms with van der Waals surface area (Å²) in [7, 11) is 0. The van der Waals surface area contributed by atoms with Crippen molar-refractivity contribution in [2.75, 3.05) is 23.3 Å². The number of nitrogens with zero attached hydrogens (tertiary/aromatic N) is 5. The van der Waals surface area contributed by atoms with E-state index >= 15 is 0 Å². The first-order valence-electron chi connectivity index (χ1n) is 11.7. The maximum absolute atomic E-state index is 13.0. The Morgan fingerprint density at radius 1 is 1.21 bits per heavy atom. The number of aliphatic imine (C=N–C) groups is 1. The minimum atomic E-state index is -4.70.